The van der Waals surface area contributed by atoms with E-state index in [0.29, 0.717) is 11.4 Å². The lowest BCUT2D eigenvalue weighted by molar-refractivity contribution is 0.102. The van der Waals surface area contributed by atoms with Gasteiger partial charge in [0, 0.05) is 18.0 Å². The van der Waals surface area contributed by atoms with E-state index in [-0.39, 0.29) is 11.8 Å². The van der Waals surface area contributed by atoms with Crippen LogP contribution in [0.5, 0.6) is 5.88 Å². The van der Waals surface area contributed by atoms with Gasteiger partial charge in [-0.15, -0.1) is 0 Å². The van der Waals surface area contributed by atoms with Crippen molar-refractivity contribution >= 4 is 11.7 Å². The molecule has 6 nitrogen and oxygen atoms in total. The molecule has 0 unspecified atom stereocenters. The molecular weight excluding hydrogens is 220 g/mol. The van der Waals surface area contributed by atoms with Crippen LogP contribution in [0.3, 0.4) is 0 Å². The van der Waals surface area contributed by atoms with Gasteiger partial charge < -0.3 is 10.1 Å². The smallest absolute Gasteiger partial charge is 0.262 e. The van der Waals surface area contributed by atoms with Gasteiger partial charge in [-0.3, -0.25) is 9.89 Å². The van der Waals surface area contributed by atoms with Crippen LogP contribution in [-0.4, -0.2) is 28.2 Å². The molecular formula is C11H12N4O2. The zero-order valence-corrected chi connectivity index (χ0v) is 9.52. The monoisotopic (exact) mass is 232 g/mol. The van der Waals surface area contributed by atoms with Crippen LogP contribution in [0.2, 0.25) is 0 Å². The lowest BCUT2D eigenvalue weighted by Gasteiger charge is -2.05. The van der Waals surface area contributed by atoms with E-state index in [0.717, 1.165) is 5.69 Å². The average Bonchev–Trinajstić information content (AvgIpc) is 2.74. The van der Waals surface area contributed by atoms with Crippen molar-refractivity contribution in [3.8, 4) is 5.88 Å². The highest BCUT2D eigenvalue weighted by Crippen LogP contribution is 2.15. The number of rotatable bonds is 3. The van der Waals surface area contributed by atoms with Crippen molar-refractivity contribution in [3.63, 3.8) is 0 Å². The summed E-state index contributed by atoms with van der Waals surface area (Å²) in [5.41, 5.74) is 1.24. The van der Waals surface area contributed by atoms with Crippen LogP contribution in [0.25, 0.3) is 0 Å². The third-order valence-corrected chi connectivity index (χ3v) is 2.16. The number of anilines is 1. The summed E-state index contributed by atoms with van der Waals surface area (Å²) in [6, 6.07) is 5.05. The Hall–Kier alpha value is -2.37. The molecule has 6 heteroatoms. The van der Waals surface area contributed by atoms with Crippen molar-refractivity contribution in [3.05, 3.63) is 35.7 Å². The first-order valence-corrected chi connectivity index (χ1v) is 5.03. The summed E-state index contributed by atoms with van der Waals surface area (Å²) in [6.07, 6.45) is 1.56. The average molecular weight is 232 g/mol. The summed E-state index contributed by atoms with van der Waals surface area (Å²) in [5.74, 6) is 0.456. The van der Waals surface area contributed by atoms with E-state index < -0.39 is 0 Å². The quantitative estimate of drug-likeness (QED) is 0.837. The molecule has 2 aromatic heterocycles. The number of nitrogens with zero attached hydrogens (tertiary/aromatic N) is 2. The van der Waals surface area contributed by atoms with E-state index in [1.54, 1.807) is 24.4 Å². The number of carbonyl (C=O) groups excluding carboxylic acids is 1. The second-order valence-corrected chi connectivity index (χ2v) is 3.45. The highest BCUT2D eigenvalue weighted by Gasteiger charge is 2.13. The largest absolute Gasteiger partial charge is 0.480 e. The minimum atomic E-state index is -0.304. The van der Waals surface area contributed by atoms with Crippen molar-refractivity contribution in [2.24, 2.45) is 0 Å². The number of hydrogen-bond acceptors (Lipinski definition) is 4. The topological polar surface area (TPSA) is 79.9 Å². The van der Waals surface area contributed by atoms with Crippen LogP contribution < -0.4 is 10.1 Å². The molecule has 17 heavy (non-hydrogen) atoms. The number of methoxy groups -OCH3 is 1. The maximum absolute atomic E-state index is 11.9. The number of ether oxygens (including phenoxy) is 1. The Labute approximate surface area is 98.0 Å². The van der Waals surface area contributed by atoms with E-state index in [4.69, 9.17) is 4.74 Å². The second-order valence-electron chi connectivity index (χ2n) is 3.45. The van der Waals surface area contributed by atoms with Crippen molar-refractivity contribution in [1.29, 1.82) is 0 Å². The third kappa shape index (κ3) is 2.41. The first-order valence-electron chi connectivity index (χ1n) is 5.03. The van der Waals surface area contributed by atoms with Gasteiger partial charge in [-0.25, -0.2) is 4.98 Å². The van der Waals surface area contributed by atoms with Crippen LogP contribution >= 0.6 is 0 Å². The predicted octanol–water partition coefficient (Wildman–Crippen LogP) is 1.37. The van der Waals surface area contributed by atoms with Crippen molar-refractivity contribution in [2.45, 2.75) is 6.92 Å². The SMILES string of the molecule is COc1ncccc1C(=O)Nc1cc(C)[nH]n1. The molecule has 0 radical (unpaired) electrons. The molecule has 0 saturated heterocycles. The number of carbonyl (C=O) groups is 1. The fraction of sp³-hybridized carbons (Fsp3) is 0.182. The molecule has 2 heterocycles. The first-order chi connectivity index (χ1) is 8.20. The van der Waals surface area contributed by atoms with E-state index in [9.17, 15) is 4.79 Å². The molecule has 0 bridgehead atoms. The Morgan fingerprint density at radius 2 is 2.35 bits per heavy atom. The first kappa shape index (κ1) is 11.1. The number of aromatic nitrogens is 3. The number of hydrogen-bond donors (Lipinski definition) is 2. The summed E-state index contributed by atoms with van der Waals surface area (Å²) in [7, 11) is 1.47. The van der Waals surface area contributed by atoms with Gasteiger partial charge in [0.2, 0.25) is 5.88 Å². The lowest BCUT2D eigenvalue weighted by atomic mass is 10.2. The molecule has 0 aliphatic carbocycles. The highest BCUT2D eigenvalue weighted by atomic mass is 16.5. The van der Waals surface area contributed by atoms with Gasteiger partial charge in [0.15, 0.2) is 5.82 Å². The van der Waals surface area contributed by atoms with Gasteiger partial charge in [0.05, 0.1) is 7.11 Å². The standard InChI is InChI=1S/C11H12N4O2/c1-7-6-9(15-14-7)13-10(16)8-4-3-5-12-11(8)17-2/h3-6H,1-2H3,(H2,13,14,15,16). The van der Waals surface area contributed by atoms with Crippen LogP contribution in [0.1, 0.15) is 16.1 Å². The van der Waals surface area contributed by atoms with Crippen molar-refractivity contribution < 1.29 is 9.53 Å². The van der Waals surface area contributed by atoms with E-state index >= 15 is 0 Å². The molecule has 88 valence electrons. The van der Waals surface area contributed by atoms with Crippen LogP contribution in [0, 0.1) is 6.92 Å². The van der Waals surface area contributed by atoms with Gasteiger partial charge in [0.1, 0.15) is 5.56 Å². The Morgan fingerprint density at radius 3 is 3.00 bits per heavy atom. The number of H-pyrrole nitrogens is 1. The molecule has 0 spiro atoms. The Bertz CT molecular complexity index is 536. The van der Waals surface area contributed by atoms with Gasteiger partial charge in [-0.05, 0) is 19.1 Å². The number of nitrogens with one attached hydrogen (secondary N) is 2. The molecule has 1 amide bonds. The predicted molar refractivity (Wildman–Crippen MR) is 62.1 cm³/mol. The zero-order chi connectivity index (χ0) is 12.3. The Kier molecular flexibility index (Phi) is 3.04. The molecule has 0 aromatic carbocycles. The fourth-order valence-corrected chi connectivity index (χ4v) is 1.39. The second kappa shape index (κ2) is 4.65. The molecule has 2 N–H and O–H groups in total. The van der Waals surface area contributed by atoms with Crippen LogP contribution in [0.4, 0.5) is 5.82 Å². The Balaban J connectivity index is 2.20. The molecule has 0 saturated carbocycles. The molecule has 0 atom stereocenters. The molecule has 2 rings (SSSR count). The summed E-state index contributed by atoms with van der Waals surface area (Å²) >= 11 is 0. The third-order valence-electron chi connectivity index (χ3n) is 2.16. The molecule has 0 aliphatic rings. The minimum Gasteiger partial charge on any atom is -0.480 e. The molecule has 0 aliphatic heterocycles. The normalized spacial score (nSPS) is 10.0. The fourth-order valence-electron chi connectivity index (χ4n) is 1.39. The lowest BCUT2D eigenvalue weighted by Crippen LogP contribution is -2.14. The van der Waals surface area contributed by atoms with Gasteiger partial charge >= 0.3 is 0 Å². The summed E-state index contributed by atoms with van der Waals surface area (Å²) in [4.78, 5) is 15.9. The van der Waals surface area contributed by atoms with E-state index in [1.165, 1.54) is 7.11 Å². The zero-order valence-electron chi connectivity index (χ0n) is 9.52. The number of aryl methyl sites for hydroxylation is 1. The Morgan fingerprint density at radius 1 is 1.53 bits per heavy atom. The molecule has 0 fully saturated rings. The maximum Gasteiger partial charge on any atom is 0.262 e. The van der Waals surface area contributed by atoms with Crippen molar-refractivity contribution in [2.75, 3.05) is 12.4 Å². The maximum atomic E-state index is 11.9. The van der Waals surface area contributed by atoms with Crippen LogP contribution in [-0.2, 0) is 0 Å². The van der Waals surface area contributed by atoms with Crippen molar-refractivity contribution in [1.82, 2.24) is 15.2 Å². The minimum absolute atomic E-state index is 0.289. The number of pyridine rings is 1. The molecule has 2 aromatic rings. The number of amides is 1. The summed E-state index contributed by atoms with van der Waals surface area (Å²) < 4.78 is 5.01. The van der Waals surface area contributed by atoms with Gasteiger partial charge in [-0.1, -0.05) is 0 Å². The van der Waals surface area contributed by atoms with Gasteiger partial charge in [0.25, 0.3) is 5.91 Å². The van der Waals surface area contributed by atoms with E-state index in [1.807, 2.05) is 6.92 Å². The highest BCUT2D eigenvalue weighted by molar-refractivity contribution is 6.05. The van der Waals surface area contributed by atoms with Crippen LogP contribution in [0.15, 0.2) is 24.4 Å². The van der Waals surface area contributed by atoms with E-state index in [2.05, 4.69) is 20.5 Å². The van der Waals surface area contributed by atoms with Gasteiger partial charge in [-0.2, -0.15) is 5.10 Å². The summed E-state index contributed by atoms with van der Waals surface area (Å²) in [5, 5.41) is 9.31. The summed E-state index contributed by atoms with van der Waals surface area (Å²) in [6.45, 7) is 1.85. The number of aromatic amines is 1.